The van der Waals surface area contributed by atoms with Crippen LogP contribution in [-0.4, -0.2) is 112 Å². The number of aliphatic hydroxyl groups is 3. The Morgan fingerprint density at radius 2 is 1.80 bits per heavy atom. The number of phenols is 1. The Balaban J connectivity index is 1.65. The van der Waals surface area contributed by atoms with Gasteiger partial charge >= 0.3 is 0 Å². The van der Waals surface area contributed by atoms with Gasteiger partial charge in [0.05, 0.1) is 23.3 Å². The molecular weight excluding hydrogens is 570 g/mol. The number of hydrogen-bond acceptors (Lipinski definition) is 11. The summed E-state index contributed by atoms with van der Waals surface area (Å²) in [6.45, 7) is 4.79. The van der Waals surface area contributed by atoms with Gasteiger partial charge in [0.25, 0.3) is 5.91 Å². The molecule has 1 saturated carbocycles. The van der Waals surface area contributed by atoms with E-state index in [4.69, 9.17) is 5.73 Å². The molecule has 1 heterocycles. The number of anilines is 2. The lowest BCUT2D eigenvalue weighted by atomic mass is 9.57. The number of likely N-dealkylation sites (tertiary alicyclic amines) is 1. The van der Waals surface area contributed by atoms with Crippen LogP contribution in [0.15, 0.2) is 23.0 Å². The Hall–Kier alpha value is -3.94. The molecular formula is C31H41N5O8. The molecule has 1 unspecified atom stereocenters. The van der Waals surface area contributed by atoms with Gasteiger partial charge in [-0.25, -0.2) is 0 Å². The predicted octanol–water partition coefficient (Wildman–Crippen LogP) is 0.841. The molecule has 13 heteroatoms. The molecule has 1 aromatic rings. The van der Waals surface area contributed by atoms with Gasteiger partial charge in [0.1, 0.15) is 22.8 Å². The van der Waals surface area contributed by atoms with Gasteiger partial charge in [-0.3, -0.25) is 29.0 Å². The Labute approximate surface area is 255 Å². The fourth-order valence-corrected chi connectivity index (χ4v) is 7.69. The number of likely N-dealkylation sites (N-methyl/N-ethyl adjacent to an activating group) is 1. The van der Waals surface area contributed by atoms with Crippen LogP contribution in [0.3, 0.4) is 0 Å². The van der Waals surface area contributed by atoms with E-state index in [2.05, 4.69) is 10.2 Å². The second kappa shape index (κ2) is 10.9. The van der Waals surface area contributed by atoms with Crippen LogP contribution in [0, 0.1) is 11.8 Å². The van der Waals surface area contributed by atoms with Crippen LogP contribution in [0.4, 0.5) is 11.4 Å². The van der Waals surface area contributed by atoms with E-state index < -0.39 is 69.8 Å². The van der Waals surface area contributed by atoms with Gasteiger partial charge in [0, 0.05) is 37.3 Å². The number of carbonyl (C=O) groups is 4. The third kappa shape index (κ3) is 4.48. The highest BCUT2D eigenvalue weighted by atomic mass is 16.3. The number of carbonyl (C=O) groups excluding carboxylic acids is 4. The van der Waals surface area contributed by atoms with E-state index in [-0.39, 0.29) is 41.6 Å². The van der Waals surface area contributed by atoms with Gasteiger partial charge in [0.2, 0.25) is 11.7 Å². The third-order valence-corrected chi connectivity index (χ3v) is 9.70. The monoisotopic (exact) mass is 611 g/mol. The second-order valence-corrected chi connectivity index (χ2v) is 13.0. The first-order valence-corrected chi connectivity index (χ1v) is 14.8. The van der Waals surface area contributed by atoms with Gasteiger partial charge in [-0.2, -0.15) is 0 Å². The first-order valence-electron chi connectivity index (χ1n) is 14.8. The van der Waals surface area contributed by atoms with Gasteiger partial charge in [-0.05, 0) is 77.7 Å². The molecule has 2 amide bonds. The first kappa shape index (κ1) is 31.5. The minimum absolute atomic E-state index is 0.00933. The van der Waals surface area contributed by atoms with E-state index in [0.717, 1.165) is 13.0 Å². The highest BCUT2D eigenvalue weighted by Gasteiger charge is 2.64. The van der Waals surface area contributed by atoms with Crippen LogP contribution in [0.2, 0.25) is 0 Å². The molecule has 44 heavy (non-hydrogen) atoms. The van der Waals surface area contributed by atoms with Crippen molar-refractivity contribution < 1.29 is 39.6 Å². The summed E-state index contributed by atoms with van der Waals surface area (Å²) in [5, 5.41) is 48.9. The van der Waals surface area contributed by atoms with E-state index in [1.165, 1.54) is 4.90 Å². The van der Waals surface area contributed by atoms with Crippen LogP contribution >= 0.6 is 0 Å². The molecule has 1 aliphatic heterocycles. The fraction of sp³-hybridized carbons (Fsp3) is 0.548. The first-order chi connectivity index (χ1) is 20.5. The molecule has 0 spiro atoms. The Morgan fingerprint density at radius 3 is 2.36 bits per heavy atom. The van der Waals surface area contributed by atoms with E-state index in [9.17, 15) is 39.6 Å². The largest absolute Gasteiger partial charge is 0.508 e. The highest BCUT2D eigenvalue weighted by molar-refractivity contribution is 6.24. The van der Waals surface area contributed by atoms with Crippen LogP contribution in [0.5, 0.6) is 5.75 Å². The zero-order valence-corrected chi connectivity index (χ0v) is 25.8. The molecule has 1 saturated heterocycles. The number of hydrogen-bond donors (Lipinski definition) is 6. The molecule has 2 fully saturated rings. The standard InChI is InChI=1S/C31H41N5O8/c1-13(2)36-9-7-8-18(36)30(43)33-17-12-19(34(3)4)15-10-14-11-16-23(35(5)6)26(39)22(29(32)42)28(41)31(16,44)27(40)20(14)25(38)21(15)24(17)37/h12-14,16,18,23,37-38,41,44H,7-11H2,1-6H3,(H2,32,42)(H,33,43)/t14-,16-,18?,23-,31-/m0/s1. The van der Waals surface area contributed by atoms with Gasteiger partial charge in [0.15, 0.2) is 11.4 Å². The van der Waals surface area contributed by atoms with Crippen molar-refractivity contribution in [2.24, 2.45) is 17.6 Å². The van der Waals surface area contributed by atoms with Crippen molar-refractivity contribution in [2.45, 2.75) is 63.3 Å². The summed E-state index contributed by atoms with van der Waals surface area (Å²) in [5.74, 6) is -7.54. The van der Waals surface area contributed by atoms with Gasteiger partial charge in [-0.1, -0.05) is 0 Å². The molecule has 7 N–H and O–H groups in total. The number of nitrogens with two attached hydrogens (primary N) is 1. The number of aliphatic hydroxyl groups excluding tert-OH is 2. The Kier molecular flexibility index (Phi) is 7.80. The van der Waals surface area contributed by atoms with Crippen molar-refractivity contribution in [2.75, 3.05) is 45.0 Å². The Morgan fingerprint density at radius 1 is 1.14 bits per heavy atom. The molecule has 0 bridgehead atoms. The Bertz CT molecular complexity index is 1530. The minimum atomic E-state index is -2.72. The predicted molar refractivity (Wildman–Crippen MR) is 162 cm³/mol. The van der Waals surface area contributed by atoms with E-state index in [1.54, 1.807) is 39.2 Å². The van der Waals surface area contributed by atoms with E-state index >= 15 is 0 Å². The maximum Gasteiger partial charge on any atom is 0.255 e. The number of phenolic OH excluding ortho intramolecular Hbond substituents is 1. The SMILES string of the molecule is CC(C)N1CCCC1C(=O)Nc1cc(N(C)C)c2c(c1O)C(O)=C1C(=O)[C@]3(O)C(O)=C(C(N)=O)C(=O)[C@@H](N(C)C)[C@@H]3C[C@@H]1C2. The van der Waals surface area contributed by atoms with Crippen molar-refractivity contribution in [3.05, 3.63) is 34.1 Å². The lowest BCUT2D eigenvalue weighted by Crippen LogP contribution is -2.65. The van der Waals surface area contributed by atoms with Crippen molar-refractivity contribution in [3.8, 4) is 5.75 Å². The average molecular weight is 612 g/mol. The molecule has 4 aliphatic rings. The number of rotatable bonds is 6. The van der Waals surface area contributed by atoms with Crippen molar-refractivity contribution in [1.82, 2.24) is 9.80 Å². The molecule has 238 valence electrons. The quantitative estimate of drug-likeness (QED) is 0.197. The minimum Gasteiger partial charge on any atom is -0.508 e. The molecule has 0 radical (unpaired) electrons. The van der Waals surface area contributed by atoms with E-state index in [1.807, 2.05) is 13.8 Å². The number of amides is 2. The summed E-state index contributed by atoms with van der Waals surface area (Å²) in [5.41, 5.74) is 2.64. The zero-order chi connectivity index (χ0) is 32.6. The third-order valence-electron chi connectivity index (χ3n) is 9.70. The van der Waals surface area contributed by atoms with Gasteiger partial charge in [-0.15, -0.1) is 0 Å². The summed E-state index contributed by atoms with van der Waals surface area (Å²) in [6.07, 6.45) is 1.65. The maximum atomic E-state index is 14.1. The zero-order valence-electron chi connectivity index (χ0n) is 25.8. The van der Waals surface area contributed by atoms with Crippen LogP contribution < -0.4 is 16.0 Å². The van der Waals surface area contributed by atoms with Crippen molar-refractivity contribution >= 4 is 40.5 Å². The lowest BCUT2D eigenvalue weighted by Gasteiger charge is -2.50. The number of aromatic hydroxyl groups is 1. The molecule has 3 aliphatic carbocycles. The van der Waals surface area contributed by atoms with E-state index in [0.29, 0.717) is 17.7 Å². The summed E-state index contributed by atoms with van der Waals surface area (Å²) < 4.78 is 0. The lowest BCUT2D eigenvalue weighted by molar-refractivity contribution is -0.153. The second-order valence-electron chi connectivity index (χ2n) is 13.0. The molecule has 1 aromatic carbocycles. The molecule has 0 aromatic heterocycles. The molecule has 5 rings (SSSR count). The number of ketones is 2. The normalized spacial score (nSPS) is 28.8. The van der Waals surface area contributed by atoms with Crippen molar-refractivity contribution in [1.29, 1.82) is 0 Å². The summed E-state index contributed by atoms with van der Waals surface area (Å²) >= 11 is 0. The smallest absolute Gasteiger partial charge is 0.255 e. The number of Topliss-reactive ketones (excluding diaryl/α,β-unsaturated/α-hetero) is 2. The van der Waals surface area contributed by atoms with Crippen LogP contribution in [0.25, 0.3) is 5.76 Å². The fourth-order valence-electron chi connectivity index (χ4n) is 7.69. The maximum absolute atomic E-state index is 14.1. The number of primary amides is 1. The topological polar surface area (TPSA) is 197 Å². The number of nitrogens with zero attached hydrogens (tertiary/aromatic N) is 3. The van der Waals surface area contributed by atoms with Gasteiger partial charge < -0.3 is 36.4 Å². The van der Waals surface area contributed by atoms with Crippen molar-refractivity contribution in [3.63, 3.8) is 0 Å². The molecule has 5 atom stereocenters. The average Bonchev–Trinajstić information content (AvgIpc) is 3.42. The number of nitrogens with one attached hydrogen (secondary N) is 1. The van der Waals surface area contributed by atoms with Crippen LogP contribution in [0.1, 0.15) is 44.2 Å². The highest BCUT2D eigenvalue weighted by Crippen LogP contribution is 2.54. The van der Waals surface area contributed by atoms with Crippen LogP contribution in [-0.2, 0) is 25.6 Å². The summed E-state index contributed by atoms with van der Waals surface area (Å²) in [7, 11) is 6.65. The summed E-state index contributed by atoms with van der Waals surface area (Å²) in [4.78, 5) is 58.3. The number of fused-ring (bicyclic) bond motifs is 3. The molecule has 13 nitrogen and oxygen atoms in total. The number of benzene rings is 1. The summed E-state index contributed by atoms with van der Waals surface area (Å²) in [6, 6.07) is 0.208.